The van der Waals surface area contributed by atoms with Crippen LogP contribution < -0.4 is 2.81 Å². The number of rotatable bonds is 2. The van der Waals surface area contributed by atoms with E-state index < -0.39 is 0 Å². The molecule has 0 saturated carbocycles. The maximum absolute atomic E-state index is 6.09. The second-order valence-electron chi connectivity index (χ2n) is 9.57. The molecule has 2 rings (SSSR count). The Morgan fingerprint density at radius 3 is 1.70 bits per heavy atom. The van der Waals surface area contributed by atoms with Crippen LogP contribution in [0.1, 0.15) is 85.9 Å². The molecule has 0 saturated heterocycles. The van der Waals surface area contributed by atoms with Gasteiger partial charge in [0.25, 0.3) is 0 Å². The first-order chi connectivity index (χ1) is 11.3. The summed E-state index contributed by atoms with van der Waals surface area (Å²) in [5.74, 6) is 1.54. The van der Waals surface area contributed by atoms with E-state index in [1.165, 1.54) is 39.0 Å². The Bertz CT molecular complexity index is 762. The number of hydrogen-bond donors (Lipinski definition) is 0. The van der Waals surface area contributed by atoms with Crippen molar-refractivity contribution in [3.05, 3.63) is 45.5 Å². The number of allylic oxidation sites excluding steroid dienone is 4. The van der Waals surface area contributed by atoms with Gasteiger partial charge in [-0.25, -0.2) is 0 Å². The van der Waals surface area contributed by atoms with Crippen molar-refractivity contribution >= 4 is 39.5 Å². The molecule has 1 nitrogen and oxygen atoms in total. The van der Waals surface area contributed by atoms with Crippen molar-refractivity contribution in [1.82, 2.24) is 0 Å². The minimum absolute atomic E-state index is 0. The van der Waals surface area contributed by atoms with Crippen LogP contribution in [0.5, 0.6) is 5.75 Å². The molecule has 1 unspecified atom stereocenters. The van der Waals surface area contributed by atoms with Gasteiger partial charge in [-0.05, 0) is 0 Å². The third-order valence-corrected chi connectivity index (χ3v) is 6.30. The number of hydrogen-bond acceptors (Lipinski definition) is 1. The standard InChI is InChI=1S/C23H34O.2BrH.Zr/c1-13-14(2)16(4)20(15(13)3)18-11-17(22(5,6)7)12-19(21(18)24)23(8,9)10;;;/h11-12,15,24H,1-10H3;2*1H;/q;;;+1/p-1. The molecule has 0 bridgehead atoms. The molecule has 0 aliphatic heterocycles. The molecule has 4 heteroatoms. The van der Waals surface area contributed by atoms with Crippen molar-refractivity contribution < 1.29 is 28.0 Å². The van der Waals surface area contributed by atoms with E-state index >= 15 is 0 Å². The summed E-state index contributed by atoms with van der Waals surface area (Å²) in [5, 5.41) is 0. The van der Waals surface area contributed by atoms with Gasteiger partial charge in [-0.1, -0.05) is 0 Å². The normalized spacial score (nSPS) is 17.6. The van der Waals surface area contributed by atoms with Crippen LogP contribution >= 0.6 is 34.0 Å². The van der Waals surface area contributed by atoms with Gasteiger partial charge in [0.05, 0.1) is 0 Å². The van der Waals surface area contributed by atoms with Gasteiger partial charge >= 0.3 is 171 Å². The monoisotopic (exact) mass is 575 g/mol. The van der Waals surface area contributed by atoms with Gasteiger partial charge < -0.3 is 0 Å². The van der Waals surface area contributed by atoms with Crippen LogP contribution in [-0.4, -0.2) is 0 Å². The van der Waals surface area contributed by atoms with E-state index in [2.05, 4.69) is 81.4 Å². The Morgan fingerprint density at radius 1 is 0.852 bits per heavy atom. The Hall–Kier alpha value is 0.343. The SMILES string of the molecule is Br.Br.CC1=C(C)C(C)C(c2cc(C(C)(C)C)cc(C(C)(C)C)c2[O][Zr])=C1C. The summed E-state index contributed by atoms with van der Waals surface area (Å²) in [6.07, 6.45) is 0. The molecule has 151 valence electrons. The van der Waals surface area contributed by atoms with Crippen LogP contribution in [0.4, 0.5) is 0 Å². The molecule has 0 amide bonds. The van der Waals surface area contributed by atoms with Crippen molar-refractivity contribution in [1.29, 1.82) is 0 Å². The van der Waals surface area contributed by atoms with Crippen LogP contribution in [0.25, 0.3) is 5.57 Å². The van der Waals surface area contributed by atoms with E-state index in [9.17, 15) is 0 Å². The number of halogens is 2. The van der Waals surface area contributed by atoms with E-state index in [0.717, 1.165) is 30.9 Å². The van der Waals surface area contributed by atoms with Crippen molar-refractivity contribution in [2.75, 3.05) is 0 Å². The van der Waals surface area contributed by atoms with Crippen LogP contribution in [0.2, 0.25) is 0 Å². The number of benzene rings is 1. The molecule has 0 aromatic heterocycles. The fourth-order valence-corrected chi connectivity index (χ4v) is 4.27. The molecule has 0 fully saturated rings. The van der Waals surface area contributed by atoms with Crippen molar-refractivity contribution in [2.45, 2.75) is 80.1 Å². The molecule has 0 N–H and O–H groups in total. The van der Waals surface area contributed by atoms with E-state index in [0.29, 0.717) is 5.92 Å². The fourth-order valence-electron chi connectivity index (χ4n) is 3.73. The molecular formula is C23H35Br2OZr. The van der Waals surface area contributed by atoms with Crippen molar-refractivity contribution in [2.24, 2.45) is 5.92 Å². The molecule has 0 spiro atoms. The van der Waals surface area contributed by atoms with Gasteiger partial charge in [0.2, 0.25) is 0 Å². The molecule has 1 atom stereocenters. The predicted octanol–water partition coefficient (Wildman–Crippen LogP) is 8.04. The van der Waals surface area contributed by atoms with E-state index in [4.69, 9.17) is 2.81 Å². The van der Waals surface area contributed by atoms with Crippen LogP contribution in [0.15, 0.2) is 28.9 Å². The summed E-state index contributed by atoms with van der Waals surface area (Å²) >= 11 is 1.10. The van der Waals surface area contributed by atoms with Gasteiger partial charge in [0.15, 0.2) is 0 Å². The molecule has 0 radical (unpaired) electrons. The molecule has 0 heterocycles. The van der Waals surface area contributed by atoms with E-state index in [1.807, 2.05) is 0 Å². The first-order valence-electron chi connectivity index (χ1n) is 9.22. The predicted molar refractivity (Wildman–Crippen MR) is 125 cm³/mol. The van der Waals surface area contributed by atoms with Crippen LogP contribution in [0.3, 0.4) is 0 Å². The summed E-state index contributed by atoms with van der Waals surface area (Å²) in [5.41, 5.74) is 9.97. The summed E-state index contributed by atoms with van der Waals surface area (Å²) in [6, 6.07) is 4.75. The van der Waals surface area contributed by atoms with Gasteiger partial charge in [0.1, 0.15) is 0 Å². The van der Waals surface area contributed by atoms with Gasteiger partial charge in [-0.2, -0.15) is 0 Å². The van der Waals surface area contributed by atoms with Crippen molar-refractivity contribution in [3.8, 4) is 5.75 Å². The maximum atomic E-state index is 6.09. The van der Waals surface area contributed by atoms with Gasteiger partial charge in [-0.15, -0.1) is 34.0 Å². The van der Waals surface area contributed by atoms with E-state index in [-0.39, 0.29) is 44.8 Å². The van der Waals surface area contributed by atoms with E-state index in [1.54, 1.807) is 0 Å². The molecule has 1 aromatic rings. The zero-order chi connectivity index (χ0) is 19.3. The fraction of sp³-hybridized carbons (Fsp3) is 0.565. The molecule has 1 aliphatic rings. The minimum atomic E-state index is 0. The summed E-state index contributed by atoms with van der Waals surface area (Å²) in [6.45, 7) is 22.9. The Labute approximate surface area is 203 Å². The molecule has 1 aromatic carbocycles. The van der Waals surface area contributed by atoms with Crippen LogP contribution in [-0.2, 0) is 36.0 Å². The topological polar surface area (TPSA) is 9.23 Å². The van der Waals surface area contributed by atoms with Gasteiger partial charge in [0, 0.05) is 0 Å². The van der Waals surface area contributed by atoms with Crippen molar-refractivity contribution in [3.63, 3.8) is 0 Å². The first-order valence-corrected chi connectivity index (χ1v) is 10.2. The Morgan fingerprint density at radius 2 is 1.37 bits per heavy atom. The van der Waals surface area contributed by atoms with Gasteiger partial charge in [-0.3, -0.25) is 0 Å². The molecular weight excluding hydrogens is 543 g/mol. The first kappa shape index (κ1) is 27.3. The molecule has 27 heavy (non-hydrogen) atoms. The Balaban J connectivity index is 0.00000338. The van der Waals surface area contributed by atoms with Crippen LogP contribution in [0, 0.1) is 5.92 Å². The third kappa shape index (κ3) is 5.29. The zero-order valence-electron chi connectivity index (χ0n) is 18.5. The summed E-state index contributed by atoms with van der Waals surface area (Å²) in [4.78, 5) is 0. The quantitative estimate of drug-likeness (QED) is 0.345. The summed E-state index contributed by atoms with van der Waals surface area (Å²) in [7, 11) is 0. The average molecular weight is 579 g/mol. The molecule has 1 aliphatic carbocycles. The zero-order valence-corrected chi connectivity index (χ0v) is 24.3. The second kappa shape index (κ2) is 9.44. The summed E-state index contributed by atoms with van der Waals surface area (Å²) < 4.78 is 6.09. The Kier molecular flexibility index (Phi) is 9.56. The third-order valence-electron chi connectivity index (χ3n) is 5.80. The average Bonchev–Trinajstić information content (AvgIpc) is 2.68. The second-order valence-corrected chi connectivity index (χ2v) is 10.1.